The van der Waals surface area contributed by atoms with Crippen LogP contribution in [0.15, 0.2) is 22.3 Å². The zero-order valence-electron chi connectivity index (χ0n) is 8.55. The summed E-state index contributed by atoms with van der Waals surface area (Å²) in [6.07, 6.45) is 0.975. The van der Waals surface area contributed by atoms with E-state index in [2.05, 4.69) is 16.4 Å². The van der Waals surface area contributed by atoms with E-state index >= 15 is 0 Å². The molecular formula is C11H10N2OS2. The van der Waals surface area contributed by atoms with Gasteiger partial charge < -0.3 is 4.90 Å². The van der Waals surface area contributed by atoms with Gasteiger partial charge in [-0.25, -0.2) is 4.98 Å². The summed E-state index contributed by atoms with van der Waals surface area (Å²) < 4.78 is 0. The summed E-state index contributed by atoms with van der Waals surface area (Å²) in [6, 6.07) is 2.11. The quantitative estimate of drug-likeness (QED) is 0.778. The van der Waals surface area contributed by atoms with E-state index in [4.69, 9.17) is 0 Å². The number of carbonyl (C=O) groups is 1. The van der Waals surface area contributed by atoms with Gasteiger partial charge in [0.2, 0.25) is 0 Å². The molecule has 0 saturated carbocycles. The Kier molecular flexibility index (Phi) is 2.49. The number of carbonyl (C=O) groups excluding carboxylic acids is 1. The van der Waals surface area contributed by atoms with Crippen LogP contribution in [-0.4, -0.2) is 22.3 Å². The minimum absolute atomic E-state index is 0.0538. The second kappa shape index (κ2) is 3.99. The third-order valence-electron chi connectivity index (χ3n) is 2.75. The molecule has 0 aromatic carbocycles. The normalized spacial score (nSPS) is 14.9. The van der Waals surface area contributed by atoms with Crippen molar-refractivity contribution >= 4 is 28.6 Å². The number of amides is 1. The monoisotopic (exact) mass is 250 g/mol. The highest BCUT2D eigenvalue weighted by atomic mass is 32.1. The molecule has 0 N–H and O–H groups in total. The van der Waals surface area contributed by atoms with E-state index in [1.165, 1.54) is 21.8 Å². The fourth-order valence-corrected chi connectivity index (χ4v) is 3.32. The smallest absolute Gasteiger partial charge is 0.273 e. The summed E-state index contributed by atoms with van der Waals surface area (Å²) in [6.45, 7) is 1.54. The fourth-order valence-electron chi connectivity index (χ4n) is 1.90. The third kappa shape index (κ3) is 1.66. The minimum Gasteiger partial charge on any atom is -0.333 e. The van der Waals surface area contributed by atoms with Crippen molar-refractivity contribution in [1.82, 2.24) is 9.88 Å². The zero-order valence-corrected chi connectivity index (χ0v) is 10.2. The topological polar surface area (TPSA) is 33.2 Å². The molecule has 2 aromatic rings. The van der Waals surface area contributed by atoms with Gasteiger partial charge in [0.1, 0.15) is 5.69 Å². The molecule has 0 fully saturated rings. The lowest BCUT2D eigenvalue weighted by molar-refractivity contribution is 0.0731. The molecule has 0 bridgehead atoms. The van der Waals surface area contributed by atoms with Gasteiger partial charge in [-0.1, -0.05) is 0 Å². The van der Waals surface area contributed by atoms with E-state index in [9.17, 15) is 4.79 Å². The second-order valence-electron chi connectivity index (χ2n) is 3.72. The molecule has 5 heteroatoms. The van der Waals surface area contributed by atoms with Gasteiger partial charge in [0.05, 0.1) is 5.51 Å². The van der Waals surface area contributed by atoms with Crippen LogP contribution in [0, 0.1) is 0 Å². The molecule has 1 amide bonds. The Labute approximate surface area is 101 Å². The van der Waals surface area contributed by atoms with Gasteiger partial charge in [0, 0.05) is 23.3 Å². The lowest BCUT2D eigenvalue weighted by Crippen LogP contribution is -2.35. The Morgan fingerprint density at radius 3 is 3.25 bits per heavy atom. The number of rotatable bonds is 1. The lowest BCUT2D eigenvalue weighted by Gasteiger charge is -2.26. The molecule has 1 aliphatic rings. The average Bonchev–Trinajstić information content (AvgIpc) is 2.98. The lowest BCUT2D eigenvalue weighted by atomic mass is 10.1. The van der Waals surface area contributed by atoms with Gasteiger partial charge >= 0.3 is 0 Å². The van der Waals surface area contributed by atoms with Crippen molar-refractivity contribution in [3.05, 3.63) is 38.5 Å². The van der Waals surface area contributed by atoms with Gasteiger partial charge in [-0.3, -0.25) is 4.79 Å². The van der Waals surface area contributed by atoms with Gasteiger partial charge in [0.15, 0.2) is 0 Å². The van der Waals surface area contributed by atoms with Gasteiger partial charge in [-0.05, 0) is 23.4 Å². The number of aromatic nitrogens is 1. The number of hydrogen-bond donors (Lipinski definition) is 0. The van der Waals surface area contributed by atoms with E-state index in [-0.39, 0.29) is 5.91 Å². The van der Waals surface area contributed by atoms with Crippen LogP contribution in [0.2, 0.25) is 0 Å². The van der Waals surface area contributed by atoms with E-state index in [1.807, 2.05) is 10.3 Å². The first-order valence-corrected chi connectivity index (χ1v) is 6.89. The van der Waals surface area contributed by atoms with Gasteiger partial charge in [-0.2, -0.15) is 0 Å². The highest BCUT2D eigenvalue weighted by Crippen LogP contribution is 2.24. The number of fused-ring (bicyclic) bond motifs is 1. The number of hydrogen-bond acceptors (Lipinski definition) is 4. The Balaban J connectivity index is 1.81. The molecule has 0 atom stereocenters. The molecule has 3 rings (SSSR count). The maximum atomic E-state index is 12.1. The zero-order chi connectivity index (χ0) is 11.0. The van der Waals surface area contributed by atoms with Crippen LogP contribution in [0.1, 0.15) is 20.9 Å². The van der Waals surface area contributed by atoms with Crippen molar-refractivity contribution in [2.45, 2.75) is 13.0 Å². The standard InChI is InChI=1S/C11H10N2OS2/c14-11(9-6-15-7-12-9)13-3-1-10-8(5-13)2-4-16-10/h2,4,6-7H,1,3,5H2. The number of nitrogens with zero attached hydrogens (tertiary/aromatic N) is 2. The second-order valence-corrected chi connectivity index (χ2v) is 5.44. The number of thiophene rings is 1. The highest BCUT2D eigenvalue weighted by Gasteiger charge is 2.23. The molecule has 2 aromatic heterocycles. The molecule has 0 spiro atoms. The molecule has 0 unspecified atom stereocenters. The Hall–Kier alpha value is -1.20. The molecule has 3 heterocycles. The first-order valence-electron chi connectivity index (χ1n) is 5.07. The predicted octanol–water partition coefficient (Wildman–Crippen LogP) is 2.40. The predicted molar refractivity (Wildman–Crippen MR) is 64.9 cm³/mol. The Bertz CT molecular complexity index is 504. The summed E-state index contributed by atoms with van der Waals surface area (Å²) >= 11 is 3.25. The molecule has 1 aliphatic heterocycles. The van der Waals surface area contributed by atoms with Crippen LogP contribution in [-0.2, 0) is 13.0 Å². The van der Waals surface area contributed by atoms with Gasteiger partial charge in [-0.15, -0.1) is 22.7 Å². The maximum Gasteiger partial charge on any atom is 0.273 e. The van der Waals surface area contributed by atoms with E-state index in [0.29, 0.717) is 5.69 Å². The molecule has 0 saturated heterocycles. The Morgan fingerprint density at radius 2 is 2.44 bits per heavy atom. The van der Waals surface area contributed by atoms with E-state index in [0.717, 1.165) is 19.5 Å². The van der Waals surface area contributed by atoms with Crippen molar-refractivity contribution < 1.29 is 4.79 Å². The highest BCUT2D eigenvalue weighted by molar-refractivity contribution is 7.10. The van der Waals surface area contributed by atoms with Crippen LogP contribution in [0.25, 0.3) is 0 Å². The maximum absolute atomic E-state index is 12.1. The summed E-state index contributed by atoms with van der Waals surface area (Å²) in [4.78, 5) is 19.4. The van der Waals surface area contributed by atoms with Crippen molar-refractivity contribution in [3.8, 4) is 0 Å². The first-order chi connectivity index (χ1) is 7.84. The molecule has 82 valence electrons. The summed E-state index contributed by atoms with van der Waals surface area (Å²) in [7, 11) is 0. The van der Waals surface area contributed by atoms with Crippen LogP contribution >= 0.6 is 22.7 Å². The van der Waals surface area contributed by atoms with Crippen molar-refractivity contribution in [2.24, 2.45) is 0 Å². The number of thiazole rings is 1. The minimum atomic E-state index is 0.0538. The molecular weight excluding hydrogens is 240 g/mol. The average molecular weight is 250 g/mol. The molecule has 0 aliphatic carbocycles. The van der Waals surface area contributed by atoms with Crippen LogP contribution < -0.4 is 0 Å². The van der Waals surface area contributed by atoms with Crippen LogP contribution in [0.4, 0.5) is 0 Å². The molecule has 3 nitrogen and oxygen atoms in total. The van der Waals surface area contributed by atoms with Gasteiger partial charge in [0.25, 0.3) is 5.91 Å². The molecule has 16 heavy (non-hydrogen) atoms. The summed E-state index contributed by atoms with van der Waals surface area (Å²) in [5.74, 6) is 0.0538. The van der Waals surface area contributed by atoms with Crippen LogP contribution in [0.3, 0.4) is 0 Å². The summed E-state index contributed by atoms with van der Waals surface area (Å²) in [5, 5.41) is 3.91. The molecule has 0 radical (unpaired) electrons. The Morgan fingerprint density at radius 1 is 1.50 bits per heavy atom. The van der Waals surface area contributed by atoms with Crippen molar-refractivity contribution in [1.29, 1.82) is 0 Å². The SMILES string of the molecule is O=C(c1cscn1)N1CCc2sccc2C1. The largest absolute Gasteiger partial charge is 0.333 e. The van der Waals surface area contributed by atoms with E-state index in [1.54, 1.807) is 16.8 Å². The first kappa shape index (κ1) is 9.99. The fraction of sp³-hybridized carbons (Fsp3) is 0.273. The third-order valence-corrected chi connectivity index (χ3v) is 4.36. The summed E-state index contributed by atoms with van der Waals surface area (Å²) in [5.41, 5.74) is 3.57. The van der Waals surface area contributed by atoms with E-state index < -0.39 is 0 Å². The van der Waals surface area contributed by atoms with Crippen molar-refractivity contribution in [3.63, 3.8) is 0 Å². The van der Waals surface area contributed by atoms with Crippen LogP contribution in [0.5, 0.6) is 0 Å². The van der Waals surface area contributed by atoms with Crippen molar-refractivity contribution in [2.75, 3.05) is 6.54 Å².